The number of ether oxygens (including phenoxy) is 2. The first-order chi connectivity index (χ1) is 24.5. The number of hydrogen-bond donors (Lipinski definition) is 2. The molecule has 288 valence electrons. The molecule has 1 amide bonds. The van der Waals surface area contributed by atoms with E-state index in [4.69, 9.17) is 41.5 Å². The molecule has 53 heavy (non-hydrogen) atoms. The largest absolute Gasteiger partial charge is 0.492 e. The average molecular weight is 764 g/mol. The molecule has 1 unspecified atom stereocenters. The van der Waals surface area contributed by atoms with Gasteiger partial charge in [-0.05, 0) is 102 Å². The lowest BCUT2D eigenvalue weighted by Gasteiger charge is -2.39. The summed E-state index contributed by atoms with van der Waals surface area (Å²) < 4.78 is 52.8. The number of halogens is 3. The number of nitriles is 1. The Labute approximate surface area is 311 Å². The van der Waals surface area contributed by atoms with Crippen molar-refractivity contribution in [3.05, 3.63) is 53.1 Å². The molecule has 0 saturated carbocycles. The number of rotatable bonds is 9. The normalized spacial score (nSPS) is 17.9. The average Bonchev–Trinajstić information content (AvgIpc) is 3.23. The van der Waals surface area contributed by atoms with Crippen molar-refractivity contribution in [2.75, 3.05) is 49.1 Å². The maximum atomic E-state index is 13.7. The van der Waals surface area contributed by atoms with Crippen molar-refractivity contribution in [1.29, 1.82) is 5.26 Å². The number of aryl methyl sites for hydroxylation is 1. The Hall–Kier alpha value is -4.79. The number of piperazine rings is 1. The molecule has 2 aromatic carbocycles. The number of benzene rings is 2. The van der Waals surface area contributed by atoms with Gasteiger partial charge in [-0.15, -0.1) is 0 Å². The molecular weight excluding hydrogens is 719 g/mol. The van der Waals surface area contributed by atoms with E-state index in [1.165, 1.54) is 6.07 Å². The fraction of sp³-hybridized carbons (Fsp3) is 0.500. The zero-order chi connectivity index (χ0) is 40.1. The van der Waals surface area contributed by atoms with Crippen molar-refractivity contribution in [3.63, 3.8) is 0 Å². The second-order valence-corrected chi connectivity index (χ2v) is 14.3. The number of anilines is 2. The quantitative estimate of drug-likeness (QED) is 0.201. The van der Waals surface area contributed by atoms with Gasteiger partial charge in [-0.1, -0.05) is 6.92 Å². The maximum Gasteiger partial charge on any atom is 0.417 e. The van der Waals surface area contributed by atoms with Crippen molar-refractivity contribution < 1.29 is 52.0 Å². The van der Waals surface area contributed by atoms with E-state index in [2.05, 4.69) is 16.7 Å². The number of nitrogens with zero attached hydrogens (tertiary/aromatic N) is 5. The number of aliphatic carboxylic acids is 2. The Morgan fingerprint density at radius 1 is 1.04 bits per heavy atom. The standard InChI is InChI=1S/C34H42F3N5O4S.C2H2O4/c1-8-23-17-26(11-12-28(23)45-16-15-39-13-14-40(22(2)20-39)21-29(43)46-32(3,4)5)42-31(47)41(30(44)33(42,6)7)25-10-9-24(19-38)27(18-25)34(35,36)37;3-1(4)2(5)6/h9-12,17-18,22H,8,13-16,20-21H2,1-7H3;(H,3,4)(H,5,6). The highest BCUT2D eigenvalue weighted by Gasteiger charge is 2.51. The van der Waals surface area contributed by atoms with E-state index in [0.29, 0.717) is 31.0 Å². The van der Waals surface area contributed by atoms with Gasteiger partial charge < -0.3 is 24.6 Å². The maximum absolute atomic E-state index is 13.7. The number of thiocarbonyl (C=S) groups is 1. The summed E-state index contributed by atoms with van der Waals surface area (Å²) in [5.41, 5.74) is -1.93. The third kappa shape index (κ3) is 10.6. The van der Waals surface area contributed by atoms with Gasteiger partial charge in [-0.25, -0.2) is 9.59 Å². The van der Waals surface area contributed by atoms with Gasteiger partial charge in [0.1, 0.15) is 23.5 Å². The fourth-order valence-corrected chi connectivity index (χ4v) is 6.44. The van der Waals surface area contributed by atoms with Crippen molar-refractivity contribution in [2.24, 2.45) is 0 Å². The van der Waals surface area contributed by atoms with Crippen LogP contribution in [0.15, 0.2) is 36.4 Å². The monoisotopic (exact) mass is 763 g/mol. The molecule has 2 aliphatic heterocycles. The lowest BCUT2D eigenvalue weighted by molar-refractivity contribution is -0.159. The summed E-state index contributed by atoms with van der Waals surface area (Å²) in [5.74, 6) is -3.67. The van der Waals surface area contributed by atoms with E-state index in [1.54, 1.807) is 30.9 Å². The summed E-state index contributed by atoms with van der Waals surface area (Å²) in [6.45, 7) is 16.7. The number of hydrogen-bond acceptors (Lipinski definition) is 10. The third-order valence-electron chi connectivity index (χ3n) is 8.49. The Bertz CT molecular complexity index is 1760. The van der Waals surface area contributed by atoms with Crippen LogP contribution in [-0.4, -0.2) is 105 Å². The number of carbonyl (C=O) groups excluding carboxylic acids is 2. The first-order valence-corrected chi connectivity index (χ1v) is 17.1. The van der Waals surface area contributed by atoms with Crippen LogP contribution < -0.4 is 14.5 Å². The molecule has 2 aromatic rings. The molecule has 2 saturated heterocycles. The van der Waals surface area contributed by atoms with Crippen LogP contribution in [0.25, 0.3) is 0 Å². The van der Waals surface area contributed by atoms with Crippen molar-refractivity contribution in [3.8, 4) is 11.8 Å². The minimum absolute atomic E-state index is 0.0356. The van der Waals surface area contributed by atoms with E-state index < -0.39 is 46.3 Å². The van der Waals surface area contributed by atoms with Crippen LogP contribution in [0.1, 0.15) is 65.2 Å². The van der Waals surface area contributed by atoms with Crippen molar-refractivity contribution in [2.45, 2.75) is 78.2 Å². The van der Waals surface area contributed by atoms with E-state index in [-0.39, 0.29) is 29.4 Å². The second kappa shape index (κ2) is 16.9. The Balaban J connectivity index is 0.00000116. The molecule has 2 fully saturated rings. The molecule has 0 radical (unpaired) electrons. The summed E-state index contributed by atoms with van der Waals surface area (Å²) in [7, 11) is 0. The lowest BCUT2D eigenvalue weighted by Crippen LogP contribution is -2.54. The Morgan fingerprint density at radius 2 is 1.66 bits per heavy atom. The molecular formula is C36H44F3N5O8S. The molecule has 1 atom stereocenters. The number of carboxylic acid groups (broad SMARTS) is 2. The SMILES string of the molecule is CCc1cc(N2C(=S)N(c3ccc(C#N)c(C(F)(F)F)c3)C(=O)C2(C)C)ccc1OCCN1CCN(CC(=O)OC(C)(C)C)C(C)C1.O=C(O)C(=O)O. The predicted octanol–water partition coefficient (Wildman–Crippen LogP) is 4.94. The first-order valence-electron chi connectivity index (χ1n) is 16.7. The molecule has 0 aromatic heterocycles. The summed E-state index contributed by atoms with van der Waals surface area (Å²) >= 11 is 5.69. The van der Waals surface area contributed by atoms with Crippen molar-refractivity contribution >= 4 is 52.5 Å². The topological polar surface area (TPSA) is 164 Å². The molecule has 2 heterocycles. The zero-order valence-electron chi connectivity index (χ0n) is 30.6. The van der Waals surface area contributed by atoms with Gasteiger partial charge in [0.25, 0.3) is 5.91 Å². The second-order valence-electron chi connectivity index (χ2n) is 14.0. The number of carboxylic acids is 2. The van der Waals surface area contributed by atoms with Crippen LogP contribution >= 0.6 is 12.2 Å². The smallest absolute Gasteiger partial charge is 0.417 e. The van der Waals surface area contributed by atoms with E-state index >= 15 is 0 Å². The Kier molecular flexibility index (Phi) is 13.6. The first kappa shape index (κ1) is 42.6. The molecule has 0 bridgehead atoms. The fourth-order valence-electron chi connectivity index (χ4n) is 5.91. The van der Waals surface area contributed by atoms with Crippen LogP contribution in [0.3, 0.4) is 0 Å². The Morgan fingerprint density at radius 3 is 2.19 bits per heavy atom. The van der Waals surface area contributed by atoms with Gasteiger partial charge in [-0.3, -0.25) is 24.3 Å². The predicted molar refractivity (Wildman–Crippen MR) is 193 cm³/mol. The van der Waals surface area contributed by atoms with Crippen LogP contribution in [0.4, 0.5) is 24.5 Å². The number of esters is 1. The van der Waals surface area contributed by atoms with Crippen LogP contribution in [0.2, 0.25) is 0 Å². The molecule has 0 spiro atoms. The molecule has 4 rings (SSSR count). The van der Waals surface area contributed by atoms with Crippen molar-refractivity contribution in [1.82, 2.24) is 9.80 Å². The van der Waals surface area contributed by atoms with Gasteiger partial charge in [0, 0.05) is 37.9 Å². The van der Waals surface area contributed by atoms with Gasteiger partial charge in [-0.2, -0.15) is 18.4 Å². The molecule has 0 aliphatic carbocycles. The molecule has 17 heteroatoms. The van der Waals surface area contributed by atoms with E-state index in [0.717, 1.165) is 42.2 Å². The lowest BCUT2D eigenvalue weighted by atomic mass is 10.0. The molecule has 2 aliphatic rings. The van der Waals surface area contributed by atoms with Gasteiger partial charge in [0.2, 0.25) is 0 Å². The highest BCUT2D eigenvalue weighted by atomic mass is 32.1. The summed E-state index contributed by atoms with van der Waals surface area (Å²) in [5, 5.41) is 24.0. The minimum atomic E-state index is -4.78. The van der Waals surface area contributed by atoms with E-state index in [9.17, 15) is 28.0 Å². The van der Waals surface area contributed by atoms with Crippen LogP contribution in [0, 0.1) is 11.3 Å². The van der Waals surface area contributed by atoms with Crippen LogP contribution in [-0.2, 0) is 36.5 Å². The van der Waals surface area contributed by atoms with Gasteiger partial charge in [0.05, 0.1) is 29.4 Å². The zero-order valence-corrected chi connectivity index (χ0v) is 31.4. The highest BCUT2D eigenvalue weighted by molar-refractivity contribution is 7.81. The summed E-state index contributed by atoms with van der Waals surface area (Å²) in [4.78, 5) is 51.3. The number of carbonyl (C=O) groups is 4. The molecule has 13 nitrogen and oxygen atoms in total. The highest BCUT2D eigenvalue weighted by Crippen LogP contribution is 2.40. The number of alkyl halides is 3. The van der Waals surface area contributed by atoms with E-state index in [1.807, 2.05) is 39.8 Å². The third-order valence-corrected chi connectivity index (χ3v) is 8.85. The van der Waals surface area contributed by atoms with Gasteiger partial charge >= 0.3 is 24.1 Å². The van der Waals surface area contributed by atoms with Crippen LogP contribution in [0.5, 0.6) is 5.75 Å². The van der Waals surface area contributed by atoms with Gasteiger partial charge in [0.15, 0.2) is 5.11 Å². The number of amides is 1. The molecule has 2 N–H and O–H groups in total. The minimum Gasteiger partial charge on any atom is -0.492 e. The summed E-state index contributed by atoms with van der Waals surface area (Å²) in [6, 6.07) is 10.4. The summed E-state index contributed by atoms with van der Waals surface area (Å²) in [6.07, 6.45) is -4.15.